The topological polar surface area (TPSA) is 55.8 Å². The third-order valence-corrected chi connectivity index (χ3v) is 4.51. The Kier molecular flexibility index (Phi) is 3.46. The number of ether oxygens (including phenoxy) is 2. The Morgan fingerprint density at radius 2 is 1.60 bits per heavy atom. The SMILES string of the molecule is COC1=Cc2cc(O)c(OC)c3c(-c4ccccc4)ccc(c23)C1=O. The van der Waals surface area contributed by atoms with E-state index >= 15 is 0 Å². The molecule has 3 aromatic carbocycles. The van der Waals surface area contributed by atoms with Crippen molar-refractivity contribution < 1.29 is 19.4 Å². The second-order valence-electron chi connectivity index (χ2n) is 5.84. The normalized spacial score (nSPS) is 12.9. The number of hydrogen-bond donors (Lipinski definition) is 1. The minimum atomic E-state index is -0.174. The van der Waals surface area contributed by atoms with E-state index in [4.69, 9.17) is 9.47 Å². The third-order valence-electron chi connectivity index (χ3n) is 4.51. The Morgan fingerprint density at radius 3 is 2.28 bits per heavy atom. The summed E-state index contributed by atoms with van der Waals surface area (Å²) in [6.07, 6.45) is 1.66. The summed E-state index contributed by atoms with van der Waals surface area (Å²) >= 11 is 0. The zero-order chi connectivity index (χ0) is 17.6. The lowest BCUT2D eigenvalue weighted by Crippen LogP contribution is -2.11. The molecule has 0 unspecified atom stereocenters. The molecule has 4 rings (SSSR count). The van der Waals surface area contributed by atoms with Gasteiger partial charge in [0.05, 0.1) is 14.2 Å². The second kappa shape index (κ2) is 5.67. The lowest BCUT2D eigenvalue weighted by atomic mass is 9.86. The monoisotopic (exact) mass is 332 g/mol. The molecule has 0 radical (unpaired) electrons. The van der Waals surface area contributed by atoms with Gasteiger partial charge in [-0.2, -0.15) is 0 Å². The standard InChI is InChI=1S/C21H16O4/c1-24-17-11-13-10-16(22)21(25-2)19-14(12-6-4-3-5-7-12)8-9-15(18(13)19)20(17)23/h3-11,22H,1-2H3. The van der Waals surface area contributed by atoms with Gasteiger partial charge in [0, 0.05) is 16.3 Å². The van der Waals surface area contributed by atoms with E-state index in [0.717, 1.165) is 27.5 Å². The van der Waals surface area contributed by atoms with Crippen LogP contribution in [0.15, 0.2) is 54.3 Å². The van der Waals surface area contributed by atoms with Gasteiger partial charge >= 0.3 is 0 Å². The highest BCUT2D eigenvalue weighted by atomic mass is 16.5. The average Bonchev–Trinajstić information content (AvgIpc) is 2.65. The maximum absolute atomic E-state index is 12.7. The lowest BCUT2D eigenvalue weighted by molar-refractivity contribution is 0.0957. The number of rotatable bonds is 3. The molecule has 1 aliphatic rings. The minimum absolute atomic E-state index is 0.0281. The number of phenolic OH excluding ortho intramolecular Hbond substituents is 1. The van der Waals surface area contributed by atoms with Gasteiger partial charge in [-0.15, -0.1) is 0 Å². The summed E-state index contributed by atoms with van der Waals surface area (Å²) in [5.41, 5.74) is 3.16. The van der Waals surface area contributed by atoms with Crippen molar-refractivity contribution >= 4 is 22.6 Å². The fraction of sp³-hybridized carbons (Fsp3) is 0.0952. The molecular weight excluding hydrogens is 316 g/mol. The molecule has 124 valence electrons. The molecule has 4 heteroatoms. The molecule has 0 saturated carbocycles. The zero-order valence-electron chi connectivity index (χ0n) is 13.9. The van der Waals surface area contributed by atoms with Gasteiger partial charge in [0.25, 0.3) is 0 Å². The molecule has 0 aromatic heterocycles. The fourth-order valence-corrected chi connectivity index (χ4v) is 3.41. The third kappa shape index (κ3) is 2.18. The van der Waals surface area contributed by atoms with Crippen molar-refractivity contribution in [2.75, 3.05) is 14.2 Å². The van der Waals surface area contributed by atoms with E-state index < -0.39 is 0 Å². The molecule has 0 fully saturated rings. The molecule has 0 aliphatic heterocycles. The number of carbonyl (C=O) groups excluding carboxylic acids is 1. The summed E-state index contributed by atoms with van der Waals surface area (Å²) in [6, 6.07) is 15.1. The van der Waals surface area contributed by atoms with E-state index in [-0.39, 0.29) is 17.3 Å². The number of methoxy groups -OCH3 is 2. The Morgan fingerprint density at radius 1 is 0.880 bits per heavy atom. The van der Waals surface area contributed by atoms with Crippen LogP contribution < -0.4 is 4.74 Å². The van der Waals surface area contributed by atoms with Crippen LogP contribution in [0.4, 0.5) is 0 Å². The quantitative estimate of drug-likeness (QED) is 0.772. The first-order chi connectivity index (χ1) is 12.2. The Bertz CT molecular complexity index is 1030. The molecule has 1 aliphatic carbocycles. The van der Waals surface area contributed by atoms with E-state index in [0.29, 0.717) is 11.3 Å². The predicted molar refractivity (Wildman–Crippen MR) is 96.9 cm³/mol. The first-order valence-corrected chi connectivity index (χ1v) is 7.88. The van der Waals surface area contributed by atoms with Crippen molar-refractivity contribution in [3.8, 4) is 22.6 Å². The van der Waals surface area contributed by atoms with Gasteiger partial charge in [-0.3, -0.25) is 4.79 Å². The maximum atomic E-state index is 12.7. The summed E-state index contributed by atoms with van der Waals surface area (Å²) in [4.78, 5) is 12.7. The van der Waals surface area contributed by atoms with Crippen LogP contribution in [0.5, 0.6) is 11.5 Å². The smallest absolute Gasteiger partial charge is 0.228 e. The van der Waals surface area contributed by atoms with Gasteiger partial charge in [0.15, 0.2) is 17.3 Å². The van der Waals surface area contributed by atoms with Crippen LogP contribution in [-0.4, -0.2) is 25.1 Å². The zero-order valence-corrected chi connectivity index (χ0v) is 13.9. The fourth-order valence-electron chi connectivity index (χ4n) is 3.41. The number of benzene rings is 3. The van der Waals surface area contributed by atoms with Crippen molar-refractivity contribution in [3.63, 3.8) is 0 Å². The van der Waals surface area contributed by atoms with Crippen molar-refractivity contribution in [2.45, 2.75) is 0 Å². The first-order valence-electron chi connectivity index (χ1n) is 7.88. The van der Waals surface area contributed by atoms with Gasteiger partial charge in [-0.05, 0) is 34.9 Å². The Balaban J connectivity index is 2.18. The molecule has 4 nitrogen and oxygen atoms in total. The van der Waals surface area contributed by atoms with E-state index in [1.54, 1.807) is 18.2 Å². The highest BCUT2D eigenvalue weighted by Crippen LogP contribution is 2.46. The highest BCUT2D eigenvalue weighted by Gasteiger charge is 2.27. The van der Waals surface area contributed by atoms with Crippen molar-refractivity contribution in [1.29, 1.82) is 0 Å². The number of aromatic hydroxyl groups is 1. The Hall–Kier alpha value is -3.27. The molecule has 25 heavy (non-hydrogen) atoms. The molecule has 1 N–H and O–H groups in total. The summed E-state index contributed by atoms with van der Waals surface area (Å²) in [5, 5.41) is 11.9. The highest BCUT2D eigenvalue weighted by molar-refractivity contribution is 6.24. The van der Waals surface area contributed by atoms with Crippen LogP contribution in [0.3, 0.4) is 0 Å². The summed E-state index contributed by atoms with van der Waals surface area (Å²) in [7, 11) is 2.98. The van der Waals surface area contributed by atoms with E-state index in [1.807, 2.05) is 36.4 Å². The van der Waals surface area contributed by atoms with Gasteiger partial charge in [-0.25, -0.2) is 0 Å². The van der Waals surface area contributed by atoms with E-state index in [2.05, 4.69) is 0 Å². The first kappa shape index (κ1) is 15.3. The van der Waals surface area contributed by atoms with Crippen LogP contribution >= 0.6 is 0 Å². The molecule has 0 bridgehead atoms. The van der Waals surface area contributed by atoms with Crippen LogP contribution in [0.2, 0.25) is 0 Å². The molecular formula is C21H16O4. The van der Waals surface area contributed by atoms with E-state index in [1.165, 1.54) is 14.2 Å². The van der Waals surface area contributed by atoms with Gasteiger partial charge in [0.2, 0.25) is 5.78 Å². The molecule has 0 atom stereocenters. The van der Waals surface area contributed by atoms with Crippen molar-refractivity contribution in [2.24, 2.45) is 0 Å². The number of phenols is 1. The van der Waals surface area contributed by atoms with E-state index in [9.17, 15) is 9.90 Å². The van der Waals surface area contributed by atoms with Crippen LogP contribution in [0, 0.1) is 0 Å². The molecule has 3 aromatic rings. The molecule has 0 amide bonds. The average molecular weight is 332 g/mol. The number of Topliss-reactive ketones (excluding diaryl/α,β-unsaturated/α-hetero) is 1. The summed E-state index contributed by atoms with van der Waals surface area (Å²) < 4.78 is 10.7. The van der Waals surface area contributed by atoms with Gasteiger partial charge in [-0.1, -0.05) is 36.4 Å². The lowest BCUT2D eigenvalue weighted by Gasteiger charge is -2.21. The summed E-state index contributed by atoms with van der Waals surface area (Å²) in [5.74, 6) is 0.472. The van der Waals surface area contributed by atoms with Crippen molar-refractivity contribution in [1.82, 2.24) is 0 Å². The van der Waals surface area contributed by atoms with Gasteiger partial charge in [0.1, 0.15) is 0 Å². The van der Waals surface area contributed by atoms with Crippen molar-refractivity contribution in [3.05, 3.63) is 65.4 Å². The minimum Gasteiger partial charge on any atom is -0.504 e. The van der Waals surface area contributed by atoms with Crippen LogP contribution in [-0.2, 0) is 4.74 Å². The number of hydrogen-bond acceptors (Lipinski definition) is 4. The summed E-state index contributed by atoms with van der Waals surface area (Å²) in [6.45, 7) is 0. The number of ketones is 1. The Labute approximate surface area is 144 Å². The largest absolute Gasteiger partial charge is 0.504 e. The van der Waals surface area contributed by atoms with Gasteiger partial charge < -0.3 is 14.6 Å². The molecule has 0 heterocycles. The second-order valence-corrected chi connectivity index (χ2v) is 5.84. The number of carbonyl (C=O) groups is 1. The van der Waals surface area contributed by atoms with Crippen LogP contribution in [0.25, 0.3) is 28.0 Å². The maximum Gasteiger partial charge on any atom is 0.228 e. The molecule has 0 saturated heterocycles. The predicted octanol–water partition coefficient (Wildman–Crippen LogP) is 4.40. The number of allylic oxidation sites excluding steroid dienone is 1. The van der Waals surface area contributed by atoms with Crippen LogP contribution in [0.1, 0.15) is 15.9 Å². The molecule has 0 spiro atoms.